The third-order valence-electron chi connectivity index (χ3n) is 4.02. The molecule has 3 rings (SSSR count). The van der Waals surface area contributed by atoms with E-state index in [1.54, 1.807) is 18.8 Å². The molecule has 3 aromatic rings. The van der Waals surface area contributed by atoms with Gasteiger partial charge in [-0.15, -0.1) is 0 Å². The summed E-state index contributed by atoms with van der Waals surface area (Å²) in [6.45, 7) is 0.593. The lowest BCUT2D eigenvalue weighted by atomic mass is 10.1. The van der Waals surface area contributed by atoms with E-state index < -0.39 is 11.7 Å². The fraction of sp³-hybridized carbons (Fsp3) is 0.211. The van der Waals surface area contributed by atoms with Crippen LogP contribution in [0.15, 0.2) is 54.6 Å². The Kier molecular flexibility index (Phi) is 4.88. The Morgan fingerprint density at radius 2 is 1.69 bits per heavy atom. The van der Waals surface area contributed by atoms with Gasteiger partial charge < -0.3 is 10.1 Å². The Hall–Kier alpha value is -2.96. The lowest BCUT2D eigenvalue weighted by Crippen LogP contribution is -2.04. The lowest BCUT2D eigenvalue weighted by molar-refractivity contribution is -0.137. The molecule has 0 fully saturated rings. The zero-order valence-electron chi connectivity index (χ0n) is 14.3. The maximum absolute atomic E-state index is 12.7. The van der Waals surface area contributed by atoms with Crippen molar-refractivity contribution in [3.63, 3.8) is 0 Å². The zero-order valence-corrected chi connectivity index (χ0v) is 14.3. The number of ether oxygens (including phenoxy) is 1. The monoisotopic (exact) mass is 361 g/mol. The first-order valence-electron chi connectivity index (χ1n) is 7.95. The topological polar surface area (TPSA) is 39.1 Å². The van der Waals surface area contributed by atoms with Gasteiger partial charge in [-0.2, -0.15) is 18.3 Å². The molecule has 2 aromatic carbocycles. The quantitative estimate of drug-likeness (QED) is 0.714. The molecule has 1 N–H and O–H groups in total. The van der Waals surface area contributed by atoms with Crippen LogP contribution in [-0.2, 0) is 19.8 Å². The average molecular weight is 361 g/mol. The van der Waals surface area contributed by atoms with Gasteiger partial charge in [-0.1, -0.05) is 24.3 Å². The van der Waals surface area contributed by atoms with Gasteiger partial charge in [0.1, 0.15) is 11.6 Å². The molecule has 1 heterocycles. The van der Waals surface area contributed by atoms with Crippen molar-refractivity contribution < 1.29 is 17.9 Å². The van der Waals surface area contributed by atoms with E-state index in [-0.39, 0.29) is 0 Å². The summed E-state index contributed by atoms with van der Waals surface area (Å²) in [5.74, 6) is 1.56. The molecule has 0 radical (unpaired) electrons. The Bertz CT molecular complexity index is 869. The van der Waals surface area contributed by atoms with E-state index in [0.717, 1.165) is 29.3 Å². The molecule has 0 aliphatic carbocycles. The van der Waals surface area contributed by atoms with Gasteiger partial charge in [0.25, 0.3) is 0 Å². The fourth-order valence-electron chi connectivity index (χ4n) is 2.54. The minimum atomic E-state index is -4.34. The lowest BCUT2D eigenvalue weighted by Gasteiger charge is -2.07. The second-order valence-electron chi connectivity index (χ2n) is 5.82. The van der Waals surface area contributed by atoms with Gasteiger partial charge in [0.2, 0.25) is 0 Å². The molecule has 0 saturated carbocycles. The highest BCUT2D eigenvalue weighted by Gasteiger charge is 2.30. The molecule has 0 bridgehead atoms. The molecule has 0 saturated heterocycles. The van der Waals surface area contributed by atoms with Crippen LogP contribution in [0, 0.1) is 0 Å². The highest BCUT2D eigenvalue weighted by atomic mass is 19.4. The summed E-state index contributed by atoms with van der Waals surface area (Å²) in [7, 11) is 3.40. The first-order valence-corrected chi connectivity index (χ1v) is 7.95. The van der Waals surface area contributed by atoms with Crippen molar-refractivity contribution in [2.24, 2.45) is 7.05 Å². The first kappa shape index (κ1) is 17.8. The number of rotatable bonds is 5. The first-order chi connectivity index (χ1) is 12.4. The summed E-state index contributed by atoms with van der Waals surface area (Å²) in [6, 6.07) is 14.5. The maximum Gasteiger partial charge on any atom is 0.416 e. The van der Waals surface area contributed by atoms with E-state index >= 15 is 0 Å². The molecule has 0 atom stereocenters. The molecule has 7 heteroatoms. The normalized spacial score (nSPS) is 11.4. The summed E-state index contributed by atoms with van der Waals surface area (Å²) in [5.41, 5.74) is 1.64. The number of hydrogen-bond acceptors (Lipinski definition) is 3. The number of nitrogens with one attached hydrogen (secondary N) is 1. The Balaban J connectivity index is 1.72. The van der Waals surface area contributed by atoms with Crippen LogP contribution in [0.4, 0.5) is 19.0 Å². The van der Waals surface area contributed by atoms with Crippen molar-refractivity contribution in [1.29, 1.82) is 0 Å². The summed E-state index contributed by atoms with van der Waals surface area (Å²) < 4.78 is 44.8. The van der Waals surface area contributed by atoms with Crippen molar-refractivity contribution in [3.8, 4) is 17.0 Å². The standard InChI is InChI=1S/C19H18F3N3O/c1-25-18(23-12-13-3-9-16(26-2)10-4-13)11-17(24-25)14-5-7-15(8-6-14)19(20,21)22/h3-11,23H,12H2,1-2H3. The van der Waals surface area contributed by atoms with Crippen molar-refractivity contribution >= 4 is 5.82 Å². The summed E-state index contributed by atoms with van der Waals surface area (Å²) in [4.78, 5) is 0. The maximum atomic E-state index is 12.7. The third kappa shape index (κ3) is 3.99. The third-order valence-corrected chi connectivity index (χ3v) is 4.02. The van der Waals surface area contributed by atoms with Gasteiger partial charge in [0.15, 0.2) is 0 Å². The average Bonchev–Trinajstić information content (AvgIpc) is 3.00. The van der Waals surface area contributed by atoms with Crippen LogP contribution >= 0.6 is 0 Å². The Morgan fingerprint density at radius 1 is 1.04 bits per heavy atom. The van der Waals surface area contributed by atoms with E-state index in [1.807, 2.05) is 30.3 Å². The minimum absolute atomic E-state index is 0.593. The molecule has 0 amide bonds. The number of halogens is 3. The second-order valence-corrected chi connectivity index (χ2v) is 5.82. The number of aryl methyl sites for hydroxylation is 1. The molecular formula is C19H18F3N3O. The van der Waals surface area contributed by atoms with Crippen molar-refractivity contribution in [1.82, 2.24) is 9.78 Å². The van der Waals surface area contributed by atoms with Gasteiger partial charge >= 0.3 is 6.18 Å². The highest BCUT2D eigenvalue weighted by Crippen LogP contribution is 2.31. The molecule has 0 aliphatic rings. The number of anilines is 1. The fourth-order valence-corrected chi connectivity index (χ4v) is 2.54. The van der Waals surface area contributed by atoms with Crippen LogP contribution in [0.2, 0.25) is 0 Å². The SMILES string of the molecule is COc1ccc(CNc2cc(-c3ccc(C(F)(F)F)cc3)nn2C)cc1. The van der Waals surface area contributed by atoms with Crippen LogP contribution in [0.3, 0.4) is 0 Å². The Morgan fingerprint density at radius 3 is 2.27 bits per heavy atom. The van der Waals surface area contributed by atoms with E-state index in [1.165, 1.54) is 12.1 Å². The number of hydrogen-bond donors (Lipinski definition) is 1. The predicted octanol–water partition coefficient (Wildman–Crippen LogP) is 4.73. The van der Waals surface area contributed by atoms with Crippen LogP contribution in [-0.4, -0.2) is 16.9 Å². The van der Waals surface area contributed by atoms with E-state index in [4.69, 9.17) is 4.74 Å². The second kappa shape index (κ2) is 7.11. The van der Waals surface area contributed by atoms with Crippen LogP contribution in [0.5, 0.6) is 5.75 Å². The van der Waals surface area contributed by atoms with Crippen LogP contribution in [0.1, 0.15) is 11.1 Å². The van der Waals surface area contributed by atoms with E-state index in [0.29, 0.717) is 17.8 Å². The van der Waals surface area contributed by atoms with Gasteiger partial charge in [0, 0.05) is 25.2 Å². The smallest absolute Gasteiger partial charge is 0.416 e. The largest absolute Gasteiger partial charge is 0.497 e. The molecule has 4 nitrogen and oxygen atoms in total. The number of aromatic nitrogens is 2. The summed E-state index contributed by atoms with van der Waals surface area (Å²) >= 11 is 0. The van der Waals surface area contributed by atoms with Crippen LogP contribution in [0.25, 0.3) is 11.3 Å². The molecule has 26 heavy (non-hydrogen) atoms. The van der Waals surface area contributed by atoms with Crippen molar-refractivity contribution in [2.75, 3.05) is 12.4 Å². The molecule has 0 aliphatic heterocycles. The van der Waals surface area contributed by atoms with Gasteiger partial charge in [-0.3, -0.25) is 4.68 Å². The molecule has 0 spiro atoms. The molecule has 136 valence electrons. The van der Waals surface area contributed by atoms with E-state index in [9.17, 15) is 13.2 Å². The minimum Gasteiger partial charge on any atom is -0.497 e. The highest BCUT2D eigenvalue weighted by molar-refractivity contribution is 5.63. The predicted molar refractivity (Wildman–Crippen MR) is 94.0 cm³/mol. The number of methoxy groups -OCH3 is 1. The summed E-state index contributed by atoms with van der Waals surface area (Å²) in [5, 5.41) is 7.64. The number of alkyl halides is 3. The van der Waals surface area contributed by atoms with Gasteiger partial charge in [0.05, 0.1) is 18.4 Å². The molecule has 1 aromatic heterocycles. The summed E-state index contributed by atoms with van der Waals surface area (Å²) in [6.07, 6.45) is -4.34. The number of nitrogens with zero attached hydrogens (tertiary/aromatic N) is 2. The molecular weight excluding hydrogens is 343 g/mol. The number of benzene rings is 2. The van der Waals surface area contributed by atoms with Gasteiger partial charge in [-0.05, 0) is 29.8 Å². The van der Waals surface area contributed by atoms with Crippen molar-refractivity contribution in [3.05, 3.63) is 65.7 Å². The van der Waals surface area contributed by atoms with Crippen LogP contribution < -0.4 is 10.1 Å². The van der Waals surface area contributed by atoms with Crippen molar-refractivity contribution in [2.45, 2.75) is 12.7 Å². The Labute approximate surface area is 149 Å². The molecule has 0 unspecified atom stereocenters. The van der Waals surface area contributed by atoms with Gasteiger partial charge in [-0.25, -0.2) is 0 Å². The zero-order chi connectivity index (χ0) is 18.7. The van der Waals surface area contributed by atoms with E-state index in [2.05, 4.69) is 10.4 Å².